The van der Waals surface area contributed by atoms with Crippen LogP contribution in [0.25, 0.3) is 11.0 Å². The fourth-order valence-corrected chi connectivity index (χ4v) is 3.64. The number of imidazole rings is 1. The van der Waals surface area contributed by atoms with Gasteiger partial charge in [0, 0.05) is 12.0 Å². The van der Waals surface area contributed by atoms with E-state index < -0.39 is 5.97 Å². The molecule has 112 valence electrons. The molecule has 0 amide bonds. The molecule has 1 N–H and O–H groups in total. The van der Waals surface area contributed by atoms with Gasteiger partial charge < -0.3 is 9.67 Å². The summed E-state index contributed by atoms with van der Waals surface area (Å²) in [6, 6.07) is 5.99. The molecule has 3 rings (SSSR count). The molecule has 0 spiro atoms. The number of hydrogen-bond donors (Lipinski definition) is 1. The molecule has 21 heavy (non-hydrogen) atoms. The fourth-order valence-electron chi connectivity index (χ4n) is 3.38. The number of halogens is 1. The zero-order chi connectivity index (χ0) is 15.1. The Kier molecular flexibility index (Phi) is 3.66. The predicted molar refractivity (Wildman–Crippen MR) is 82.8 cm³/mol. The molecule has 1 aliphatic carbocycles. The maximum atomic E-state index is 11.2. The van der Waals surface area contributed by atoms with Gasteiger partial charge in [-0.1, -0.05) is 17.7 Å². The number of hydrogen-bond acceptors (Lipinski definition) is 2. The quantitative estimate of drug-likeness (QED) is 0.922. The van der Waals surface area contributed by atoms with Crippen molar-refractivity contribution in [3.8, 4) is 0 Å². The number of carboxylic acid groups (broad SMARTS) is 1. The molecule has 4 nitrogen and oxygen atoms in total. The van der Waals surface area contributed by atoms with Crippen molar-refractivity contribution in [1.29, 1.82) is 0 Å². The third-order valence-corrected chi connectivity index (χ3v) is 4.66. The van der Waals surface area contributed by atoms with E-state index in [0.717, 1.165) is 29.7 Å². The average Bonchev–Trinajstić information content (AvgIpc) is 3.03. The van der Waals surface area contributed by atoms with Gasteiger partial charge in [0.25, 0.3) is 0 Å². The lowest BCUT2D eigenvalue weighted by molar-refractivity contribution is -0.141. The van der Waals surface area contributed by atoms with Crippen molar-refractivity contribution in [3.63, 3.8) is 0 Å². The number of carbonyl (C=O) groups is 1. The Labute approximate surface area is 128 Å². The highest BCUT2D eigenvalue weighted by atomic mass is 35.5. The van der Waals surface area contributed by atoms with Crippen LogP contribution in [-0.2, 0) is 4.79 Å². The Hall–Kier alpha value is -1.55. The van der Waals surface area contributed by atoms with Crippen LogP contribution in [0, 0.1) is 5.92 Å². The van der Waals surface area contributed by atoms with Crippen LogP contribution in [0.1, 0.15) is 50.9 Å². The van der Waals surface area contributed by atoms with Gasteiger partial charge in [0.15, 0.2) is 0 Å². The van der Waals surface area contributed by atoms with Gasteiger partial charge in [-0.2, -0.15) is 0 Å². The molecule has 2 aromatic rings. The Balaban J connectivity index is 2.09. The predicted octanol–water partition coefficient (Wildman–Crippen LogP) is 4.24. The minimum Gasteiger partial charge on any atom is -0.481 e. The lowest BCUT2D eigenvalue weighted by atomic mass is 10.0. The number of fused-ring (bicyclic) bond motifs is 1. The van der Waals surface area contributed by atoms with Crippen molar-refractivity contribution in [1.82, 2.24) is 9.55 Å². The fraction of sp³-hybridized carbons (Fsp3) is 0.500. The van der Waals surface area contributed by atoms with Crippen molar-refractivity contribution in [3.05, 3.63) is 29.0 Å². The number of rotatable bonds is 3. The highest BCUT2D eigenvalue weighted by Crippen LogP contribution is 2.40. The van der Waals surface area contributed by atoms with Crippen LogP contribution in [0.3, 0.4) is 0 Å². The smallest absolute Gasteiger partial charge is 0.306 e. The molecule has 0 aliphatic heterocycles. The third-order valence-electron chi connectivity index (χ3n) is 4.35. The molecule has 5 heteroatoms. The van der Waals surface area contributed by atoms with E-state index in [0.29, 0.717) is 11.4 Å². The lowest BCUT2D eigenvalue weighted by Gasteiger charge is -2.17. The molecule has 1 aromatic heterocycles. The summed E-state index contributed by atoms with van der Waals surface area (Å²) in [4.78, 5) is 15.9. The highest BCUT2D eigenvalue weighted by molar-refractivity contribution is 6.35. The van der Waals surface area contributed by atoms with E-state index in [1.165, 1.54) is 0 Å². The minimum absolute atomic E-state index is 0.206. The van der Waals surface area contributed by atoms with Crippen LogP contribution in [0.4, 0.5) is 0 Å². The van der Waals surface area contributed by atoms with E-state index in [2.05, 4.69) is 18.4 Å². The lowest BCUT2D eigenvalue weighted by Crippen LogP contribution is -2.12. The monoisotopic (exact) mass is 306 g/mol. The van der Waals surface area contributed by atoms with Crippen molar-refractivity contribution in [2.24, 2.45) is 5.92 Å². The van der Waals surface area contributed by atoms with Gasteiger partial charge in [0.05, 0.1) is 22.0 Å². The van der Waals surface area contributed by atoms with Gasteiger partial charge in [0.2, 0.25) is 0 Å². The Bertz CT molecular complexity index is 693. The molecule has 0 bridgehead atoms. The van der Waals surface area contributed by atoms with Gasteiger partial charge in [0.1, 0.15) is 5.82 Å². The van der Waals surface area contributed by atoms with Gasteiger partial charge in [-0.15, -0.1) is 0 Å². The number of para-hydroxylation sites is 1. The van der Waals surface area contributed by atoms with Crippen molar-refractivity contribution < 1.29 is 9.90 Å². The van der Waals surface area contributed by atoms with Gasteiger partial charge in [-0.25, -0.2) is 4.98 Å². The zero-order valence-electron chi connectivity index (χ0n) is 12.2. The molecule has 1 heterocycles. The Morgan fingerprint density at radius 3 is 2.81 bits per heavy atom. The van der Waals surface area contributed by atoms with E-state index in [-0.39, 0.29) is 17.9 Å². The second kappa shape index (κ2) is 5.34. The van der Waals surface area contributed by atoms with Crippen LogP contribution < -0.4 is 0 Å². The van der Waals surface area contributed by atoms with Crippen molar-refractivity contribution in [2.75, 3.05) is 0 Å². The summed E-state index contributed by atoms with van der Waals surface area (Å²) in [6.07, 6.45) is 2.28. The largest absolute Gasteiger partial charge is 0.481 e. The number of carboxylic acids is 1. The van der Waals surface area contributed by atoms with Gasteiger partial charge in [-0.3, -0.25) is 4.79 Å². The third kappa shape index (κ3) is 2.42. The molecule has 0 saturated heterocycles. The van der Waals surface area contributed by atoms with Crippen LogP contribution in [-0.4, -0.2) is 20.6 Å². The van der Waals surface area contributed by atoms with Crippen molar-refractivity contribution >= 4 is 28.6 Å². The molecular formula is C16H19ClN2O2. The highest BCUT2D eigenvalue weighted by Gasteiger charge is 2.34. The summed E-state index contributed by atoms with van der Waals surface area (Å²) >= 11 is 6.35. The summed E-state index contributed by atoms with van der Waals surface area (Å²) < 4.78 is 2.17. The molecule has 2 atom stereocenters. The average molecular weight is 307 g/mol. The Morgan fingerprint density at radius 2 is 2.19 bits per heavy atom. The first kappa shape index (κ1) is 14.4. The topological polar surface area (TPSA) is 55.1 Å². The zero-order valence-corrected chi connectivity index (χ0v) is 13.0. The van der Waals surface area contributed by atoms with E-state index in [1.54, 1.807) is 0 Å². The molecule has 1 saturated carbocycles. The second-order valence-corrected chi connectivity index (χ2v) is 6.49. The van der Waals surface area contributed by atoms with E-state index >= 15 is 0 Å². The summed E-state index contributed by atoms with van der Waals surface area (Å²) in [5, 5.41) is 9.89. The van der Waals surface area contributed by atoms with Crippen molar-refractivity contribution in [2.45, 2.75) is 45.1 Å². The van der Waals surface area contributed by atoms with Crippen LogP contribution >= 0.6 is 11.6 Å². The van der Waals surface area contributed by atoms with Crippen LogP contribution in [0.15, 0.2) is 18.2 Å². The first-order chi connectivity index (χ1) is 9.99. The first-order valence-corrected chi connectivity index (χ1v) is 7.76. The maximum absolute atomic E-state index is 11.2. The molecule has 1 fully saturated rings. The van der Waals surface area contributed by atoms with Crippen LogP contribution in [0.5, 0.6) is 0 Å². The minimum atomic E-state index is -0.692. The number of aromatic nitrogens is 2. The van der Waals surface area contributed by atoms with E-state index in [9.17, 15) is 9.90 Å². The first-order valence-electron chi connectivity index (χ1n) is 7.38. The summed E-state index contributed by atoms with van der Waals surface area (Å²) in [5.41, 5.74) is 1.85. The molecule has 0 radical (unpaired) electrons. The van der Waals surface area contributed by atoms with Gasteiger partial charge >= 0.3 is 5.97 Å². The number of aliphatic carboxylic acids is 1. The molecular weight excluding hydrogens is 288 g/mol. The summed E-state index contributed by atoms with van der Waals surface area (Å²) in [7, 11) is 0. The summed E-state index contributed by atoms with van der Waals surface area (Å²) in [5.74, 6) is 0.252. The van der Waals surface area contributed by atoms with Crippen LogP contribution in [0.2, 0.25) is 5.02 Å². The number of nitrogens with zero attached hydrogens (tertiary/aromatic N) is 2. The standard InChI is InChI=1S/C16H19ClN2O2/c1-9(2)19-14-12(17)4-3-5-13(14)18-15(19)10-6-7-11(8-10)16(20)21/h3-5,9-11H,6-8H2,1-2H3,(H,20,21). The normalized spacial score (nSPS) is 22.3. The molecule has 1 aromatic carbocycles. The second-order valence-electron chi connectivity index (χ2n) is 6.09. The SMILES string of the molecule is CC(C)n1c(C2CCC(C(=O)O)C2)nc2cccc(Cl)c21. The van der Waals surface area contributed by atoms with E-state index in [4.69, 9.17) is 16.6 Å². The number of benzene rings is 1. The molecule has 1 aliphatic rings. The molecule has 2 unspecified atom stereocenters. The van der Waals surface area contributed by atoms with Gasteiger partial charge in [-0.05, 0) is 45.2 Å². The Morgan fingerprint density at radius 1 is 1.43 bits per heavy atom. The van der Waals surface area contributed by atoms with E-state index in [1.807, 2.05) is 18.2 Å². The maximum Gasteiger partial charge on any atom is 0.306 e. The summed E-state index contributed by atoms with van der Waals surface area (Å²) in [6.45, 7) is 4.22.